The van der Waals surface area contributed by atoms with Gasteiger partial charge in [-0.3, -0.25) is 19.6 Å². The predicted molar refractivity (Wildman–Crippen MR) is 88.7 cm³/mol. The molecule has 1 unspecified atom stereocenters. The molecule has 2 aliphatic heterocycles. The SMILES string of the molecule is O=C1NCCCCC1N1CCN(C(=O)c2cn[nH]c2C2CC2)CC1. The van der Waals surface area contributed by atoms with Crippen LogP contribution in [0.4, 0.5) is 0 Å². The van der Waals surface area contributed by atoms with Gasteiger partial charge in [-0.25, -0.2) is 0 Å². The van der Waals surface area contributed by atoms with Crippen LogP contribution in [0.2, 0.25) is 0 Å². The number of amides is 2. The molecule has 2 saturated heterocycles. The third-order valence-corrected chi connectivity index (χ3v) is 5.43. The molecule has 3 aliphatic rings. The van der Waals surface area contributed by atoms with Gasteiger partial charge in [-0.05, 0) is 32.1 Å². The molecule has 4 rings (SSSR count). The molecule has 7 heteroatoms. The highest BCUT2D eigenvalue weighted by atomic mass is 16.2. The van der Waals surface area contributed by atoms with E-state index in [2.05, 4.69) is 20.4 Å². The van der Waals surface area contributed by atoms with Crippen molar-refractivity contribution in [2.75, 3.05) is 32.7 Å². The zero-order chi connectivity index (χ0) is 16.5. The molecule has 0 aromatic carbocycles. The van der Waals surface area contributed by atoms with Gasteiger partial charge < -0.3 is 10.2 Å². The van der Waals surface area contributed by atoms with E-state index in [1.165, 1.54) is 0 Å². The summed E-state index contributed by atoms with van der Waals surface area (Å²) in [6.07, 6.45) is 7.03. The van der Waals surface area contributed by atoms with Gasteiger partial charge >= 0.3 is 0 Å². The second-order valence-electron chi connectivity index (χ2n) is 7.10. The quantitative estimate of drug-likeness (QED) is 0.855. The van der Waals surface area contributed by atoms with E-state index >= 15 is 0 Å². The zero-order valence-electron chi connectivity index (χ0n) is 14.0. The number of hydrogen-bond donors (Lipinski definition) is 2. The topological polar surface area (TPSA) is 81.3 Å². The Morgan fingerprint density at radius 1 is 1.12 bits per heavy atom. The van der Waals surface area contributed by atoms with Crippen molar-refractivity contribution in [2.24, 2.45) is 0 Å². The van der Waals surface area contributed by atoms with E-state index in [1.54, 1.807) is 6.20 Å². The first-order valence-electron chi connectivity index (χ1n) is 9.08. The summed E-state index contributed by atoms with van der Waals surface area (Å²) >= 11 is 0. The summed E-state index contributed by atoms with van der Waals surface area (Å²) in [5.74, 6) is 0.719. The Labute approximate surface area is 141 Å². The molecule has 130 valence electrons. The van der Waals surface area contributed by atoms with E-state index in [4.69, 9.17) is 0 Å². The second kappa shape index (κ2) is 6.55. The van der Waals surface area contributed by atoms with Crippen LogP contribution >= 0.6 is 0 Å². The minimum absolute atomic E-state index is 0.0271. The monoisotopic (exact) mass is 331 g/mol. The highest BCUT2D eigenvalue weighted by Gasteiger charge is 2.34. The largest absolute Gasteiger partial charge is 0.355 e. The van der Waals surface area contributed by atoms with E-state index < -0.39 is 0 Å². The normalized spacial score (nSPS) is 26.1. The van der Waals surface area contributed by atoms with E-state index in [0.29, 0.717) is 19.0 Å². The first-order valence-corrected chi connectivity index (χ1v) is 9.08. The van der Waals surface area contributed by atoms with Crippen LogP contribution in [0.1, 0.15) is 54.1 Å². The fraction of sp³-hybridized carbons (Fsp3) is 0.706. The molecule has 1 aromatic heterocycles. The molecular weight excluding hydrogens is 306 g/mol. The first-order chi connectivity index (χ1) is 11.7. The van der Waals surface area contributed by atoms with Gasteiger partial charge in [0.15, 0.2) is 0 Å². The summed E-state index contributed by atoms with van der Waals surface area (Å²) in [6, 6.07) is -0.0271. The summed E-state index contributed by atoms with van der Waals surface area (Å²) in [5, 5.41) is 10.1. The number of aromatic amines is 1. The lowest BCUT2D eigenvalue weighted by Crippen LogP contribution is -2.55. The lowest BCUT2D eigenvalue weighted by atomic mass is 10.1. The Kier molecular flexibility index (Phi) is 4.26. The minimum atomic E-state index is -0.0271. The fourth-order valence-corrected chi connectivity index (χ4v) is 3.83. The number of aromatic nitrogens is 2. The van der Waals surface area contributed by atoms with Crippen molar-refractivity contribution in [2.45, 2.75) is 44.1 Å². The van der Waals surface area contributed by atoms with Crippen molar-refractivity contribution in [3.05, 3.63) is 17.5 Å². The summed E-state index contributed by atoms with van der Waals surface area (Å²) in [4.78, 5) is 29.1. The third kappa shape index (κ3) is 3.05. The molecule has 2 amide bonds. The van der Waals surface area contributed by atoms with E-state index in [1.807, 2.05) is 4.90 Å². The van der Waals surface area contributed by atoms with Crippen LogP contribution in [0, 0.1) is 0 Å². The molecular formula is C17H25N5O2. The predicted octanol–water partition coefficient (Wildman–Crippen LogP) is 0.714. The van der Waals surface area contributed by atoms with Gasteiger partial charge in [0.25, 0.3) is 5.91 Å². The fourth-order valence-electron chi connectivity index (χ4n) is 3.83. The van der Waals surface area contributed by atoms with Gasteiger partial charge in [-0.15, -0.1) is 0 Å². The van der Waals surface area contributed by atoms with Gasteiger partial charge in [0.1, 0.15) is 0 Å². The number of hydrogen-bond acceptors (Lipinski definition) is 4. The van der Waals surface area contributed by atoms with Gasteiger partial charge in [0.2, 0.25) is 5.91 Å². The van der Waals surface area contributed by atoms with Crippen LogP contribution in [0.5, 0.6) is 0 Å². The van der Waals surface area contributed by atoms with Gasteiger partial charge in [-0.2, -0.15) is 5.10 Å². The van der Waals surface area contributed by atoms with Crippen molar-refractivity contribution in [3.63, 3.8) is 0 Å². The Balaban J connectivity index is 1.38. The lowest BCUT2D eigenvalue weighted by Gasteiger charge is -2.38. The van der Waals surface area contributed by atoms with Gasteiger partial charge in [0.05, 0.1) is 23.5 Å². The molecule has 1 saturated carbocycles. The maximum Gasteiger partial charge on any atom is 0.257 e. The summed E-state index contributed by atoms with van der Waals surface area (Å²) in [5.41, 5.74) is 1.74. The molecule has 7 nitrogen and oxygen atoms in total. The Morgan fingerprint density at radius 2 is 1.92 bits per heavy atom. The van der Waals surface area contributed by atoms with E-state index in [9.17, 15) is 9.59 Å². The standard InChI is InChI=1S/C17H25N5O2/c23-16-14(3-1-2-6-18-16)21-7-9-22(10-8-21)17(24)13-11-19-20-15(13)12-4-5-12/h11-12,14H,1-10H2,(H,18,23)(H,19,20). The van der Waals surface area contributed by atoms with E-state index in [0.717, 1.165) is 63.0 Å². The Morgan fingerprint density at radius 3 is 2.67 bits per heavy atom. The number of nitrogens with one attached hydrogen (secondary N) is 2. The van der Waals surface area contributed by atoms with Crippen molar-refractivity contribution in [1.29, 1.82) is 0 Å². The van der Waals surface area contributed by atoms with Crippen LogP contribution in [-0.2, 0) is 4.79 Å². The number of rotatable bonds is 3. The van der Waals surface area contributed by atoms with Crippen LogP contribution in [0.25, 0.3) is 0 Å². The van der Waals surface area contributed by atoms with Gasteiger partial charge in [-0.1, -0.05) is 0 Å². The number of carbonyl (C=O) groups is 2. The Hall–Kier alpha value is -1.89. The molecule has 1 atom stereocenters. The smallest absolute Gasteiger partial charge is 0.257 e. The number of H-pyrrole nitrogens is 1. The van der Waals surface area contributed by atoms with E-state index in [-0.39, 0.29) is 17.9 Å². The molecule has 0 radical (unpaired) electrons. The number of nitrogens with zero attached hydrogens (tertiary/aromatic N) is 3. The molecule has 3 heterocycles. The van der Waals surface area contributed by atoms with Crippen LogP contribution in [-0.4, -0.2) is 70.6 Å². The van der Waals surface area contributed by atoms with Crippen LogP contribution in [0.3, 0.4) is 0 Å². The highest BCUT2D eigenvalue weighted by molar-refractivity contribution is 5.95. The molecule has 1 aromatic rings. The Bertz CT molecular complexity index is 616. The molecule has 24 heavy (non-hydrogen) atoms. The van der Waals surface area contributed by atoms with Crippen molar-refractivity contribution in [3.8, 4) is 0 Å². The average molecular weight is 331 g/mol. The third-order valence-electron chi connectivity index (χ3n) is 5.43. The highest BCUT2D eigenvalue weighted by Crippen LogP contribution is 2.40. The second-order valence-corrected chi connectivity index (χ2v) is 7.10. The van der Waals surface area contributed by atoms with Crippen molar-refractivity contribution in [1.82, 2.24) is 25.3 Å². The summed E-state index contributed by atoms with van der Waals surface area (Å²) in [7, 11) is 0. The zero-order valence-corrected chi connectivity index (χ0v) is 14.0. The van der Waals surface area contributed by atoms with Crippen LogP contribution in [0.15, 0.2) is 6.20 Å². The maximum atomic E-state index is 12.8. The van der Waals surface area contributed by atoms with Gasteiger partial charge in [0, 0.05) is 38.6 Å². The average Bonchev–Trinajstić information content (AvgIpc) is 3.38. The van der Waals surface area contributed by atoms with Crippen LogP contribution < -0.4 is 5.32 Å². The summed E-state index contributed by atoms with van der Waals surface area (Å²) in [6.45, 7) is 3.68. The first kappa shape index (κ1) is 15.6. The molecule has 3 fully saturated rings. The molecule has 0 bridgehead atoms. The minimum Gasteiger partial charge on any atom is -0.355 e. The van der Waals surface area contributed by atoms with Crippen molar-refractivity contribution < 1.29 is 9.59 Å². The summed E-state index contributed by atoms with van der Waals surface area (Å²) < 4.78 is 0. The lowest BCUT2D eigenvalue weighted by molar-refractivity contribution is -0.126. The number of piperazine rings is 1. The molecule has 0 spiro atoms. The maximum absolute atomic E-state index is 12.8. The van der Waals surface area contributed by atoms with Crippen molar-refractivity contribution >= 4 is 11.8 Å². The number of carbonyl (C=O) groups excluding carboxylic acids is 2. The molecule has 2 N–H and O–H groups in total. The molecule has 1 aliphatic carbocycles.